The highest BCUT2D eigenvalue weighted by atomic mass is 32.2. The highest BCUT2D eigenvalue weighted by molar-refractivity contribution is 7.89. The molecular formula is C11H22N4O2S. The maximum Gasteiger partial charge on any atom is 0.259 e. The lowest BCUT2D eigenvalue weighted by molar-refractivity contribution is 0.340. The normalized spacial score (nSPS) is 12.9. The van der Waals surface area contributed by atoms with Crippen molar-refractivity contribution in [2.45, 2.75) is 32.2 Å². The molecule has 0 spiro atoms. The zero-order chi connectivity index (χ0) is 14.0. The first kappa shape index (κ1) is 15.1. The van der Waals surface area contributed by atoms with Gasteiger partial charge in [0.05, 0.1) is 0 Å². The van der Waals surface area contributed by atoms with Crippen LogP contribution in [0.3, 0.4) is 0 Å². The third-order valence-corrected chi connectivity index (χ3v) is 4.20. The molecule has 0 unspecified atom stereocenters. The van der Waals surface area contributed by atoms with Crippen molar-refractivity contribution >= 4 is 10.0 Å². The number of rotatable bonds is 6. The molecule has 0 bridgehead atoms. The Labute approximate surface area is 109 Å². The van der Waals surface area contributed by atoms with Gasteiger partial charge in [0.1, 0.15) is 5.82 Å². The third-order valence-electron chi connectivity index (χ3n) is 2.92. The lowest BCUT2D eigenvalue weighted by Crippen LogP contribution is -2.35. The summed E-state index contributed by atoms with van der Waals surface area (Å²) in [5, 5.41) is 0.0612. The van der Waals surface area contributed by atoms with Gasteiger partial charge in [-0.15, -0.1) is 0 Å². The summed E-state index contributed by atoms with van der Waals surface area (Å²) in [6, 6.07) is 0. The van der Waals surface area contributed by atoms with Crippen LogP contribution < -0.4 is 10.5 Å². The lowest BCUT2D eigenvalue weighted by atomic mass is 9.90. The summed E-state index contributed by atoms with van der Waals surface area (Å²) in [5.41, 5.74) is 5.33. The Balaban J connectivity index is 2.77. The average molecular weight is 274 g/mol. The summed E-state index contributed by atoms with van der Waals surface area (Å²) in [6.45, 7) is 6.61. The van der Waals surface area contributed by atoms with Gasteiger partial charge in [0, 0.05) is 19.8 Å². The molecule has 1 rings (SSSR count). The standard InChI is InChI=1S/C11H22N4O2S/c1-9-14-10(7-15(9)4)18(16,17)13-8-11(2,3)5-6-12/h7,13H,5-6,8,12H2,1-4H3. The van der Waals surface area contributed by atoms with Crippen LogP contribution in [-0.4, -0.2) is 31.1 Å². The van der Waals surface area contributed by atoms with Crippen LogP contribution in [0.1, 0.15) is 26.1 Å². The van der Waals surface area contributed by atoms with E-state index in [1.165, 1.54) is 6.20 Å². The smallest absolute Gasteiger partial charge is 0.259 e. The topological polar surface area (TPSA) is 90.0 Å². The minimum absolute atomic E-state index is 0.0612. The molecular weight excluding hydrogens is 252 g/mol. The highest BCUT2D eigenvalue weighted by Gasteiger charge is 2.23. The fourth-order valence-electron chi connectivity index (χ4n) is 1.50. The second kappa shape index (κ2) is 5.38. The van der Waals surface area contributed by atoms with Crippen LogP contribution >= 0.6 is 0 Å². The summed E-state index contributed by atoms with van der Waals surface area (Å²) >= 11 is 0. The largest absolute Gasteiger partial charge is 0.337 e. The van der Waals surface area contributed by atoms with Gasteiger partial charge in [-0.05, 0) is 25.3 Å². The summed E-state index contributed by atoms with van der Waals surface area (Å²) in [5.74, 6) is 0.664. The first-order chi connectivity index (χ1) is 8.18. The van der Waals surface area contributed by atoms with Gasteiger partial charge < -0.3 is 10.3 Å². The van der Waals surface area contributed by atoms with E-state index in [-0.39, 0.29) is 10.4 Å². The third kappa shape index (κ3) is 3.79. The van der Waals surface area contributed by atoms with E-state index in [0.717, 1.165) is 6.42 Å². The molecule has 0 saturated heterocycles. The van der Waals surface area contributed by atoms with Gasteiger partial charge in [-0.3, -0.25) is 0 Å². The Kier molecular flexibility index (Phi) is 4.52. The Hall–Kier alpha value is -0.920. The number of nitrogens with two attached hydrogens (primary N) is 1. The van der Waals surface area contributed by atoms with E-state index in [4.69, 9.17) is 5.73 Å². The summed E-state index contributed by atoms with van der Waals surface area (Å²) < 4.78 is 28.3. The summed E-state index contributed by atoms with van der Waals surface area (Å²) in [4.78, 5) is 4.02. The minimum Gasteiger partial charge on any atom is -0.337 e. The Morgan fingerprint density at radius 1 is 1.50 bits per heavy atom. The number of aryl methyl sites for hydroxylation is 2. The monoisotopic (exact) mass is 274 g/mol. The van der Waals surface area contributed by atoms with E-state index in [1.54, 1.807) is 18.5 Å². The molecule has 1 aromatic heterocycles. The molecule has 7 heteroatoms. The van der Waals surface area contributed by atoms with E-state index < -0.39 is 10.0 Å². The molecule has 3 N–H and O–H groups in total. The molecule has 0 amide bonds. The van der Waals surface area contributed by atoms with Crippen molar-refractivity contribution in [3.8, 4) is 0 Å². The van der Waals surface area contributed by atoms with Crippen LogP contribution in [0.2, 0.25) is 0 Å². The summed E-state index contributed by atoms with van der Waals surface area (Å²) in [7, 11) is -1.77. The zero-order valence-electron chi connectivity index (χ0n) is 11.4. The number of hydrogen-bond acceptors (Lipinski definition) is 4. The second-order valence-corrected chi connectivity index (χ2v) is 6.98. The van der Waals surface area contributed by atoms with Crippen molar-refractivity contribution in [2.75, 3.05) is 13.1 Å². The molecule has 1 aromatic rings. The molecule has 0 radical (unpaired) electrons. The molecule has 0 aliphatic rings. The maximum absolute atomic E-state index is 12.0. The SMILES string of the molecule is Cc1nc(S(=O)(=O)NCC(C)(C)CCN)cn1C. The summed E-state index contributed by atoms with van der Waals surface area (Å²) in [6.07, 6.45) is 2.27. The first-order valence-corrected chi connectivity index (χ1v) is 7.36. The van der Waals surface area contributed by atoms with Gasteiger partial charge in [-0.1, -0.05) is 13.8 Å². The molecule has 6 nitrogen and oxygen atoms in total. The van der Waals surface area contributed by atoms with Crippen molar-refractivity contribution in [3.05, 3.63) is 12.0 Å². The Morgan fingerprint density at radius 2 is 2.11 bits per heavy atom. The second-order valence-electron chi connectivity index (χ2n) is 5.26. The van der Waals surface area contributed by atoms with Crippen LogP contribution in [0.4, 0.5) is 0 Å². The van der Waals surface area contributed by atoms with E-state index >= 15 is 0 Å². The predicted molar refractivity (Wildman–Crippen MR) is 70.6 cm³/mol. The minimum atomic E-state index is -3.54. The van der Waals surface area contributed by atoms with Gasteiger partial charge in [-0.25, -0.2) is 18.1 Å². The number of sulfonamides is 1. The number of nitrogens with zero attached hydrogens (tertiary/aromatic N) is 2. The molecule has 0 aromatic carbocycles. The highest BCUT2D eigenvalue weighted by Crippen LogP contribution is 2.19. The van der Waals surface area contributed by atoms with E-state index in [1.807, 2.05) is 13.8 Å². The van der Waals surface area contributed by atoms with Crippen molar-refractivity contribution < 1.29 is 8.42 Å². The van der Waals surface area contributed by atoms with Crippen LogP contribution in [0, 0.1) is 12.3 Å². The predicted octanol–water partition coefficient (Wildman–Crippen LogP) is 0.382. The fraction of sp³-hybridized carbons (Fsp3) is 0.727. The van der Waals surface area contributed by atoms with Gasteiger partial charge in [0.15, 0.2) is 5.03 Å². The molecule has 0 aliphatic carbocycles. The van der Waals surface area contributed by atoms with Crippen molar-refractivity contribution in [1.82, 2.24) is 14.3 Å². The van der Waals surface area contributed by atoms with Crippen LogP contribution in [-0.2, 0) is 17.1 Å². The lowest BCUT2D eigenvalue weighted by Gasteiger charge is -2.23. The molecule has 1 heterocycles. The van der Waals surface area contributed by atoms with E-state index in [2.05, 4.69) is 9.71 Å². The van der Waals surface area contributed by atoms with E-state index in [0.29, 0.717) is 18.9 Å². The number of nitrogens with one attached hydrogen (secondary N) is 1. The maximum atomic E-state index is 12.0. The number of hydrogen-bond donors (Lipinski definition) is 2. The van der Waals surface area contributed by atoms with Crippen molar-refractivity contribution in [2.24, 2.45) is 18.2 Å². The molecule has 0 aliphatic heterocycles. The van der Waals surface area contributed by atoms with Crippen molar-refractivity contribution in [3.63, 3.8) is 0 Å². The van der Waals surface area contributed by atoms with Crippen molar-refractivity contribution in [1.29, 1.82) is 0 Å². The quantitative estimate of drug-likeness (QED) is 0.785. The number of aromatic nitrogens is 2. The zero-order valence-corrected chi connectivity index (χ0v) is 12.2. The number of imidazole rings is 1. The average Bonchev–Trinajstić information content (AvgIpc) is 2.58. The molecule has 0 saturated carbocycles. The fourth-order valence-corrected chi connectivity index (χ4v) is 2.78. The van der Waals surface area contributed by atoms with Gasteiger partial charge in [0.2, 0.25) is 0 Å². The van der Waals surface area contributed by atoms with E-state index in [9.17, 15) is 8.42 Å². The van der Waals surface area contributed by atoms with Crippen LogP contribution in [0.25, 0.3) is 0 Å². The van der Waals surface area contributed by atoms with Gasteiger partial charge in [0.25, 0.3) is 10.0 Å². The first-order valence-electron chi connectivity index (χ1n) is 5.88. The molecule has 0 fully saturated rings. The molecule has 0 atom stereocenters. The van der Waals surface area contributed by atoms with Gasteiger partial charge in [-0.2, -0.15) is 0 Å². The Bertz CT molecular complexity index is 486. The van der Waals surface area contributed by atoms with Crippen LogP contribution in [0.5, 0.6) is 0 Å². The molecule has 104 valence electrons. The van der Waals surface area contributed by atoms with Gasteiger partial charge >= 0.3 is 0 Å². The Morgan fingerprint density at radius 3 is 2.56 bits per heavy atom. The van der Waals surface area contributed by atoms with Crippen LogP contribution in [0.15, 0.2) is 11.2 Å². The molecule has 18 heavy (non-hydrogen) atoms.